The number of hydrogen-bond donors (Lipinski definition) is 1. The summed E-state index contributed by atoms with van der Waals surface area (Å²) in [6.07, 6.45) is 3.91. The molecule has 0 aromatic carbocycles. The Kier molecular flexibility index (Phi) is 2.35. The molecule has 0 atom stereocenters. The Labute approximate surface area is 85.2 Å². The fourth-order valence-corrected chi connectivity index (χ4v) is 2.98. The van der Waals surface area contributed by atoms with Gasteiger partial charge in [-0.3, -0.25) is 4.79 Å². The minimum Gasteiger partial charge on any atom is -0.352 e. The summed E-state index contributed by atoms with van der Waals surface area (Å²) in [5.74, 6) is 0.657. The molecule has 1 aliphatic heterocycles. The minimum absolute atomic E-state index is 0.0447. The van der Waals surface area contributed by atoms with Gasteiger partial charge in [-0.1, -0.05) is 6.58 Å². The Hall–Kier alpha value is -0.830. The van der Waals surface area contributed by atoms with E-state index in [1.165, 1.54) is 32.0 Å². The van der Waals surface area contributed by atoms with Crippen LogP contribution in [0.4, 0.5) is 0 Å². The Balaban J connectivity index is 1.64. The van der Waals surface area contributed by atoms with Gasteiger partial charge in [-0.05, 0) is 37.3 Å². The van der Waals surface area contributed by atoms with E-state index in [4.69, 9.17) is 0 Å². The highest BCUT2D eigenvalue weighted by atomic mass is 16.1. The predicted octanol–water partition coefficient (Wildman–Crippen LogP) is 0.630. The van der Waals surface area contributed by atoms with Crippen molar-refractivity contribution in [1.82, 2.24) is 10.2 Å². The first-order valence-corrected chi connectivity index (χ1v) is 5.22. The zero-order valence-electron chi connectivity index (χ0n) is 8.75. The quantitative estimate of drug-likeness (QED) is 0.668. The van der Waals surface area contributed by atoms with Crippen LogP contribution >= 0.6 is 0 Å². The SMILES string of the molecule is C=CC(=O)NCC1CC2(C1)CN(C)C2. The van der Waals surface area contributed by atoms with E-state index in [0.29, 0.717) is 11.3 Å². The van der Waals surface area contributed by atoms with Gasteiger partial charge in [-0.25, -0.2) is 0 Å². The fourth-order valence-electron chi connectivity index (χ4n) is 2.98. The van der Waals surface area contributed by atoms with Crippen molar-refractivity contribution in [2.75, 3.05) is 26.7 Å². The van der Waals surface area contributed by atoms with Crippen molar-refractivity contribution in [3.63, 3.8) is 0 Å². The Morgan fingerprint density at radius 1 is 1.64 bits per heavy atom. The molecule has 1 heterocycles. The lowest BCUT2D eigenvalue weighted by Gasteiger charge is -2.58. The fraction of sp³-hybridized carbons (Fsp3) is 0.727. The smallest absolute Gasteiger partial charge is 0.243 e. The van der Waals surface area contributed by atoms with E-state index in [0.717, 1.165) is 6.54 Å². The molecule has 78 valence electrons. The van der Waals surface area contributed by atoms with Crippen LogP contribution in [0, 0.1) is 11.3 Å². The molecule has 0 aromatic rings. The second kappa shape index (κ2) is 3.39. The number of rotatable bonds is 3. The summed E-state index contributed by atoms with van der Waals surface area (Å²) in [6.45, 7) is 6.76. The lowest BCUT2D eigenvalue weighted by Crippen LogP contribution is -2.61. The van der Waals surface area contributed by atoms with E-state index in [2.05, 4.69) is 23.8 Å². The van der Waals surface area contributed by atoms with Gasteiger partial charge >= 0.3 is 0 Å². The molecule has 1 amide bonds. The molecule has 1 spiro atoms. The van der Waals surface area contributed by atoms with E-state index >= 15 is 0 Å². The highest BCUT2D eigenvalue weighted by Gasteiger charge is 2.50. The van der Waals surface area contributed by atoms with Crippen LogP contribution < -0.4 is 5.32 Å². The van der Waals surface area contributed by atoms with Crippen molar-refractivity contribution in [1.29, 1.82) is 0 Å². The largest absolute Gasteiger partial charge is 0.352 e. The van der Waals surface area contributed by atoms with Crippen LogP contribution in [-0.2, 0) is 4.79 Å². The first-order chi connectivity index (χ1) is 6.63. The monoisotopic (exact) mass is 194 g/mol. The van der Waals surface area contributed by atoms with Crippen LogP contribution in [0.2, 0.25) is 0 Å². The molecule has 1 saturated carbocycles. The van der Waals surface area contributed by atoms with Crippen molar-refractivity contribution in [3.05, 3.63) is 12.7 Å². The third-order valence-electron chi connectivity index (χ3n) is 3.40. The van der Waals surface area contributed by atoms with Gasteiger partial charge in [-0.15, -0.1) is 0 Å². The summed E-state index contributed by atoms with van der Waals surface area (Å²) in [6, 6.07) is 0. The summed E-state index contributed by atoms with van der Waals surface area (Å²) in [5, 5.41) is 2.86. The van der Waals surface area contributed by atoms with Gasteiger partial charge < -0.3 is 10.2 Å². The van der Waals surface area contributed by atoms with Crippen molar-refractivity contribution < 1.29 is 4.79 Å². The lowest BCUT2D eigenvalue weighted by atomic mass is 9.58. The minimum atomic E-state index is -0.0447. The van der Waals surface area contributed by atoms with E-state index in [9.17, 15) is 4.79 Å². The van der Waals surface area contributed by atoms with Gasteiger partial charge in [-0.2, -0.15) is 0 Å². The second-order valence-electron chi connectivity index (χ2n) is 4.90. The number of nitrogens with one attached hydrogen (secondary N) is 1. The number of likely N-dealkylation sites (tertiary alicyclic amines) is 1. The van der Waals surface area contributed by atoms with Crippen LogP contribution in [0.3, 0.4) is 0 Å². The average Bonchev–Trinajstić information content (AvgIpc) is 2.06. The van der Waals surface area contributed by atoms with Crippen molar-refractivity contribution >= 4 is 5.91 Å². The highest BCUT2D eigenvalue weighted by Crippen LogP contribution is 2.50. The van der Waals surface area contributed by atoms with Crippen LogP contribution in [0.5, 0.6) is 0 Å². The molecule has 2 rings (SSSR count). The molecule has 1 aliphatic carbocycles. The standard InChI is InChI=1S/C11H18N2O/c1-3-10(14)12-6-9-4-11(5-9)7-13(2)8-11/h3,9H,1,4-8H2,2H3,(H,12,14). The van der Waals surface area contributed by atoms with Crippen molar-refractivity contribution in [3.8, 4) is 0 Å². The molecule has 0 bridgehead atoms. The molecule has 0 radical (unpaired) electrons. The number of carbonyl (C=O) groups is 1. The molecule has 0 unspecified atom stereocenters. The maximum Gasteiger partial charge on any atom is 0.243 e. The summed E-state index contributed by atoms with van der Waals surface area (Å²) >= 11 is 0. The first-order valence-electron chi connectivity index (χ1n) is 5.22. The number of amides is 1. The molecule has 1 N–H and O–H groups in total. The third-order valence-corrected chi connectivity index (χ3v) is 3.40. The summed E-state index contributed by atoms with van der Waals surface area (Å²) < 4.78 is 0. The van der Waals surface area contributed by atoms with Gasteiger partial charge in [0.2, 0.25) is 5.91 Å². The molecule has 0 aromatic heterocycles. The van der Waals surface area contributed by atoms with Gasteiger partial charge in [0.15, 0.2) is 0 Å². The van der Waals surface area contributed by atoms with Gasteiger partial charge in [0.1, 0.15) is 0 Å². The number of nitrogens with zero attached hydrogens (tertiary/aromatic N) is 1. The van der Waals surface area contributed by atoms with Crippen LogP contribution in [-0.4, -0.2) is 37.5 Å². The first kappa shape index (κ1) is 9.71. The Morgan fingerprint density at radius 2 is 2.29 bits per heavy atom. The van der Waals surface area contributed by atoms with E-state index in [-0.39, 0.29) is 5.91 Å². The van der Waals surface area contributed by atoms with Crippen LogP contribution in [0.25, 0.3) is 0 Å². The Morgan fingerprint density at radius 3 is 2.79 bits per heavy atom. The second-order valence-corrected chi connectivity index (χ2v) is 4.90. The molecule has 1 saturated heterocycles. The Bertz CT molecular complexity index is 248. The highest BCUT2D eigenvalue weighted by molar-refractivity contribution is 5.86. The number of carbonyl (C=O) groups excluding carboxylic acids is 1. The van der Waals surface area contributed by atoms with E-state index in [1.54, 1.807) is 0 Å². The average molecular weight is 194 g/mol. The molecule has 2 fully saturated rings. The molecular formula is C11H18N2O. The van der Waals surface area contributed by atoms with Crippen molar-refractivity contribution in [2.45, 2.75) is 12.8 Å². The molecular weight excluding hydrogens is 176 g/mol. The molecule has 14 heavy (non-hydrogen) atoms. The zero-order valence-corrected chi connectivity index (χ0v) is 8.75. The van der Waals surface area contributed by atoms with Gasteiger partial charge in [0.05, 0.1) is 0 Å². The van der Waals surface area contributed by atoms with Crippen molar-refractivity contribution in [2.24, 2.45) is 11.3 Å². The van der Waals surface area contributed by atoms with Crippen LogP contribution in [0.1, 0.15) is 12.8 Å². The normalized spacial score (nSPS) is 25.2. The molecule has 3 heteroatoms. The number of hydrogen-bond acceptors (Lipinski definition) is 2. The van der Waals surface area contributed by atoms with Gasteiger partial charge in [0, 0.05) is 19.6 Å². The predicted molar refractivity (Wildman–Crippen MR) is 55.9 cm³/mol. The van der Waals surface area contributed by atoms with E-state index < -0.39 is 0 Å². The summed E-state index contributed by atoms with van der Waals surface area (Å²) in [5.41, 5.74) is 0.623. The summed E-state index contributed by atoms with van der Waals surface area (Å²) in [4.78, 5) is 13.3. The topological polar surface area (TPSA) is 32.3 Å². The van der Waals surface area contributed by atoms with Crippen LogP contribution in [0.15, 0.2) is 12.7 Å². The maximum atomic E-state index is 10.9. The summed E-state index contributed by atoms with van der Waals surface area (Å²) in [7, 11) is 2.16. The maximum absolute atomic E-state index is 10.9. The molecule has 3 nitrogen and oxygen atoms in total. The third kappa shape index (κ3) is 1.69. The molecule has 2 aliphatic rings. The van der Waals surface area contributed by atoms with Gasteiger partial charge in [0.25, 0.3) is 0 Å². The zero-order chi connectivity index (χ0) is 10.2. The van der Waals surface area contributed by atoms with E-state index in [1.807, 2.05) is 0 Å². The lowest BCUT2D eigenvalue weighted by molar-refractivity contribution is -0.118.